The van der Waals surface area contributed by atoms with Gasteiger partial charge in [-0.15, -0.1) is 0 Å². The third kappa shape index (κ3) is 2.05. The van der Waals surface area contributed by atoms with Gasteiger partial charge in [0.25, 0.3) is 0 Å². The normalized spacial score (nSPS) is 32.6. The quantitative estimate of drug-likeness (QED) is 0.548. The minimum Gasteiger partial charge on any atom is -0.448 e. The molecule has 1 heterocycles. The zero-order valence-corrected chi connectivity index (χ0v) is 11.4. The fourth-order valence-corrected chi connectivity index (χ4v) is 2.92. The number of amides is 1. The summed E-state index contributed by atoms with van der Waals surface area (Å²) >= 11 is 0. The minimum atomic E-state index is -5.74. The molecule has 9 heteroatoms. The summed E-state index contributed by atoms with van der Waals surface area (Å²) in [6, 6.07) is 0. The number of hydrogen-bond donors (Lipinski definition) is 0. The van der Waals surface area contributed by atoms with Crippen LogP contribution in [-0.4, -0.2) is 42.6 Å². The molecule has 0 bridgehead atoms. The van der Waals surface area contributed by atoms with Gasteiger partial charge in [0.15, 0.2) is 0 Å². The van der Waals surface area contributed by atoms with E-state index in [9.17, 15) is 26.5 Å². The van der Waals surface area contributed by atoms with Gasteiger partial charge >= 0.3 is 13.1 Å². The second kappa shape index (κ2) is 4.01. The lowest BCUT2D eigenvalue weighted by molar-refractivity contribution is 0.0192. The highest BCUT2D eigenvalue weighted by Gasteiger charge is 2.86. The summed E-state index contributed by atoms with van der Waals surface area (Å²) in [5, 5.41) is -3.04. The number of piperidine rings is 1. The van der Waals surface area contributed by atoms with Crippen LogP contribution in [0.25, 0.3) is 0 Å². The number of rotatable bonds is 1. The third-order valence-corrected chi connectivity index (χ3v) is 3.97. The summed E-state index contributed by atoms with van der Waals surface area (Å²) in [7, 11) is 0. The smallest absolute Gasteiger partial charge is 0.448 e. The van der Waals surface area contributed by atoms with E-state index in [-0.39, 0.29) is 13.0 Å². The van der Waals surface area contributed by atoms with Crippen LogP contribution < -0.4 is 0 Å². The van der Waals surface area contributed by atoms with Gasteiger partial charge in [0.2, 0.25) is 5.92 Å². The zero-order valence-electron chi connectivity index (χ0n) is 11.4. The molecular weight excluding hydrogens is 284 g/mol. The fourth-order valence-electron chi connectivity index (χ4n) is 2.92. The summed E-state index contributed by atoms with van der Waals surface area (Å²) in [5.74, 6) is -5.48. The SMILES string of the molecule is CC(C)(C)OC(=O)N1CCC2C(F)(F)C2([B-](F)(F)F)C1. The molecule has 20 heavy (non-hydrogen) atoms. The molecule has 2 aliphatic rings. The van der Waals surface area contributed by atoms with Crippen molar-refractivity contribution in [3.05, 3.63) is 0 Å². The Bertz CT molecular complexity index is 434. The van der Waals surface area contributed by atoms with E-state index in [0.717, 1.165) is 4.90 Å². The maximum atomic E-state index is 13.5. The molecule has 2 unspecified atom stereocenters. The monoisotopic (exact) mass is 300 g/mol. The van der Waals surface area contributed by atoms with Gasteiger partial charge < -0.3 is 22.6 Å². The van der Waals surface area contributed by atoms with E-state index in [4.69, 9.17) is 4.74 Å². The minimum absolute atomic E-state index is 0.136. The molecule has 1 amide bonds. The van der Waals surface area contributed by atoms with E-state index in [2.05, 4.69) is 0 Å². The highest BCUT2D eigenvalue weighted by molar-refractivity contribution is 6.64. The number of nitrogens with zero attached hydrogens (tertiary/aromatic N) is 1. The van der Waals surface area contributed by atoms with E-state index in [0.29, 0.717) is 0 Å². The molecule has 0 aromatic carbocycles. The maximum Gasteiger partial charge on any atom is 0.492 e. The molecule has 1 saturated heterocycles. The highest BCUT2D eigenvalue weighted by Crippen LogP contribution is 2.79. The van der Waals surface area contributed by atoms with Crippen LogP contribution in [0.2, 0.25) is 5.31 Å². The second-order valence-electron chi connectivity index (χ2n) is 6.48. The Kier molecular flexibility index (Phi) is 3.08. The van der Waals surface area contributed by atoms with Gasteiger partial charge in [-0.25, -0.2) is 13.6 Å². The van der Waals surface area contributed by atoms with Crippen LogP contribution in [0, 0.1) is 5.92 Å². The van der Waals surface area contributed by atoms with Crippen molar-refractivity contribution in [2.75, 3.05) is 13.1 Å². The van der Waals surface area contributed by atoms with Crippen LogP contribution in [0.3, 0.4) is 0 Å². The first-order chi connectivity index (χ1) is 8.83. The van der Waals surface area contributed by atoms with E-state index < -0.39 is 42.4 Å². The van der Waals surface area contributed by atoms with Crippen molar-refractivity contribution in [3.63, 3.8) is 0 Å². The molecule has 0 spiro atoms. The molecule has 1 aliphatic carbocycles. The van der Waals surface area contributed by atoms with Gasteiger partial charge in [0.1, 0.15) is 5.60 Å². The molecule has 0 radical (unpaired) electrons. The largest absolute Gasteiger partial charge is 0.492 e. The molecule has 0 N–H and O–H groups in total. The van der Waals surface area contributed by atoms with E-state index >= 15 is 0 Å². The lowest BCUT2D eigenvalue weighted by atomic mass is 9.65. The standard InChI is InChI=1S/C11H16BF5NO2/c1-9(2,3)20-8(19)18-5-4-7-10(6-18,11(7,13)14)12(15,16)17/h7H,4-6H2,1-3H3/q-1. The Labute approximate surface area is 113 Å². The van der Waals surface area contributed by atoms with Gasteiger partial charge in [0.05, 0.1) is 0 Å². The predicted octanol–water partition coefficient (Wildman–Crippen LogP) is 3.48. The number of fused-ring (bicyclic) bond motifs is 1. The second-order valence-corrected chi connectivity index (χ2v) is 6.48. The average molecular weight is 300 g/mol. The molecule has 2 atom stereocenters. The van der Waals surface area contributed by atoms with Crippen molar-refractivity contribution in [1.82, 2.24) is 4.90 Å². The van der Waals surface area contributed by atoms with Gasteiger partial charge in [-0.1, -0.05) is 0 Å². The van der Waals surface area contributed by atoms with Crippen molar-refractivity contribution in [3.8, 4) is 0 Å². The number of halogens is 5. The third-order valence-electron chi connectivity index (χ3n) is 3.97. The Morgan fingerprint density at radius 2 is 1.85 bits per heavy atom. The van der Waals surface area contributed by atoms with E-state index in [1.807, 2.05) is 0 Å². The molecule has 0 aromatic rings. The summed E-state index contributed by atoms with van der Waals surface area (Å²) in [4.78, 5) is 12.5. The molecule has 1 saturated carbocycles. The highest BCUT2D eigenvalue weighted by atomic mass is 19.4. The Morgan fingerprint density at radius 1 is 1.30 bits per heavy atom. The molecule has 3 nitrogen and oxygen atoms in total. The van der Waals surface area contributed by atoms with E-state index in [1.54, 1.807) is 20.8 Å². The molecular formula is C11H16BF5NO2-. The van der Waals surface area contributed by atoms with Crippen LogP contribution >= 0.6 is 0 Å². The Balaban J connectivity index is 2.17. The molecule has 2 fully saturated rings. The van der Waals surface area contributed by atoms with Crippen molar-refractivity contribution in [2.24, 2.45) is 5.92 Å². The number of likely N-dealkylation sites (tertiary alicyclic amines) is 1. The summed E-state index contributed by atoms with van der Waals surface area (Å²) in [6.07, 6.45) is -1.33. The van der Waals surface area contributed by atoms with Gasteiger partial charge in [0, 0.05) is 24.3 Å². The number of carbonyl (C=O) groups excluding carboxylic acids is 1. The lowest BCUT2D eigenvalue weighted by Gasteiger charge is -2.37. The summed E-state index contributed by atoms with van der Waals surface area (Å²) in [5.41, 5.74) is -0.878. The number of ether oxygens (including phenoxy) is 1. The van der Waals surface area contributed by atoms with Crippen LogP contribution in [-0.2, 0) is 4.74 Å². The van der Waals surface area contributed by atoms with Gasteiger partial charge in [-0.3, -0.25) is 0 Å². The van der Waals surface area contributed by atoms with Crippen LogP contribution in [0.5, 0.6) is 0 Å². The Morgan fingerprint density at radius 3 is 2.30 bits per heavy atom. The van der Waals surface area contributed by atoms with Gasteiger partial charge in [-0.05, 0) is 27.2 Å². The topological polar surface area (TPSA) is 29.5 Å². The summed E-state index contributed by atoms with van der Waals surface area (Å²) < 4.78 is 71.2. The maximum absolute atomic E-state index is 13.5. The average Bonchev–Trinajstić information content (AvgIpc) is 2.74. The van der Waals surface area contributed by atoms with Crippen LogP contribution in [0.4, 0.5) is 26.5 Å². The summed E-state index contributed by atoms with van der Waals surface area (Å²) in [6.45, 7) is -2.20. The van der Waals surface area contributed by atoms with Crippen molar-refractivity contribution in [1.29, 1.82) is 0 Å². The number of hydrogen-bond acceptors (Lipinski definition) is 2. The van der Waals surface area contributed by atoms with Crippen molar-refractivity contribution < 1.29 is 31.3 Å². The zero-order chi connectivity index (χ0) is 15.6. The Hall–Kier alpha value is -1.02. The first-order valence-corrected chi connectivity index (χ1v) is 6.38. The first-order valence-electron chi connectivity index (χ1n) is 6.38. The van der Waals surface area contributed by atoms with Gasteiger partial charge in [-0.2, -0.15) is 0 Å². The lowest BCUT2D eigenvalue weighted by Crippen LogP contribution is -2.47. The fraction of sp³-hybridized carbons (Fsp3) is 0.909. The van der Waals surface area contributed by atoms with E-state index in [1.165, 1.54) is 0 Å². The molecule has 1 aliphatic heterocycles. The molecule has 116 valence electrons. The van der Waals surface area contributed by atoms with Crippen LogP contribution in [0.15, 0.2) is 0 Å². The van der Waals surface area contributed by atoms with Crippen molar-refractivity contribution in [2.45, 2.75) is 44.0 Å². The number of carbonyl (C=O) groups is 1. The number of alkyl halides is 2. The van der Waals surface area contributed by atoms with Crippen molar-refractivity contribution >= 4 is 13.1 Å². The molecule has 2 rings (SSSR count). The predicted molar refractivity (Wildman–Crippen MR) is 62.6 cm³/mol. The first kappa shape index (κ1) is 15.4. The van der Waals surface area contributed by atoms with Crippen LogP contribution in [0.1, 0.15) is 27.2 Å². The molecule has 0 aromatic heterocycles.